The van der Waals surface area contributed by atoms with Crippen LogP contribution in [0.15, 0.2) is 55.1 Å². The maximum atomic E-state index is 15.3. The quantitative estimate of drug-likeness (QED) is 0.340. The summed E-state index contributed by atoms with van der Waals surface area (Å²) in [6.45, 7) is 4.35. The van der Waals surface area contributed by atoms with Crippen LogP contribution in [0.25, 0.3) is 33.1 Å². The van der Waals surface area contributed by atoms with Gasteiger partial charge in [-0.2, -0.15) is 0 Å². The van der Waals surface area contributed by atoms with Crippen molar-refractivity contribution in [3.8, 4) is 22.9 Å². The third-order valence-electron chi connectivity index (χ3n) is 7.58. The molecular weight excluding hydrogens is 518 g/mol. The van der Waals surface area contributed by atoms with Crippen LogP contribution in [0, 0.1) is 18.6 Å². The first-order valence-electron chi connectivity index (χ1n) is 12.9. The number of aliphatic hydroxyl groups excluding tert-OH is 1. The van der Waals surface area contributed by atoms with Crippen LogP contribution < -0.4 is 4.74 Å². The molecule has 0 atom stereocenters. The van der Waals surface area contributed by atoms with E-state index in [1.54, 1.807) is 48.7 Å². The predicted octanol–water partition coefficient (Wildman–Crippen LogP) is 4.75. The molecule has 1 N–H and O–H groups in total. The molecule has 4 heterocycles. The average molecular weight is 545 g/mol. The van der Waals surface area contributed by atoms with Gasteiger partial charge in [0.15, 0.2) is 0 Å². The van der Waals surface area contributed by atoms with Crippen LogP contribution in [0.3, 0.4) is 0 Å². The number of pyridine rings is 1. The van der Waals surface area contributed by atoms with E-state index in [4.69, 9.17) is 4.74 Å². The van der Waals surface area contributed by atoms with E-state index in [2.05, 4.69) is 26.9 Å². The van der Waals surface area contributed by atoms with Crippen LogP contribution >= 0.6 is 0 Å². The molecule has 3 aromatic heterocycles. The minimum absolute atomic E-state index is 0.0713. The third kappa shape index (κ3) is 4.51. The van der Waals surface area contributed by atoms with Crippen molar-refractivity contribution in [2.45, 2.75) is 32.2 Å². The van der Waals surface area contributed by atoms with Crippen molar-refractivity contribution >= 4 is 27.8 Å². The van der Waals surface area contributed by atoms with Crippen molar-refractivity contribution in [2.24, 2.45) is 0 Å². The van der Waals surface area contributed by atoms with Gasteiger partial charge in [0.25, 0.3) is 0 Å². The summed E-state index contributed by atoms with van der Waals surface area (Å²) < 4.78 is 38.3. The molecule has 1 aliphatic rings. The molecule has 5 aromatic rings. The Hall–Kier alpha value is -4.51. The zero-order valence-electron chi connectivity index (χ0n) is 21.9. The van der Waals surface area contributed by atoms with Gasteiger partial charge in [-0.3, -0.25) is 9.78 Å². The van der Waals surface area contributed by atoms with Crippen molar-refractivity contribution in [3.05, 3.63) is 72.4 Å². The number of aromatic nitrogens is 5. The van der Waals surface area contributed by atoms with Gasteiger partial charge in [0.05, 0.1) is 23.6 Å². The highest BCUT2D eigenvalue weighted by atomic mass is 19.1. The van der Waals surface area contributed by atoms with E-state index in [-0.39, 0.29) is 34.3 Å². The van der Waals surface area contributed by atoms with E-state index in [1.807, 2.05) is 4.57 Å². The number of carbonyl (C=O) groups is 1. The number of hydrogen-bond acceptors (Lipinski definition) is 7. The fraction of sp³-hybridized carbons (Fsp3) is 0.276. The zero-order valence-corrected chi connectivity index (χ0v) is 21.9. The number of rotatable bonds is 5. The lowest BCUT2D eigenvalue weighted by Gasteiger charge is -2.40. The first-order valence-corrected chi connectivity index (χ1v) is 12.9. The topological polar surface area (TPSA) is 106 Å². The van der Waals surface area contributed by atoms with E-state index in [0.717, 1.165) is 5.52 Å². The molecule has 2 aromatic carbocycles. The number of amides is 1. The second-order valence-corrected chi connectivity index (χ2v) is 10.2. The summed E-state index contributed by atoms with van der Waals surface area (Å²) >= 11 is 0. The maximum Gasteiger partial charge on any atom is 0.322 e. The minimum Gasteiger partial charge on any atom is -0.424 e. The number of nitrogens with zero attached hydrogens (tertiary/aromatic N) is 6. The normalized spacial score (nSPS) is 15.1. The van der Waals surface area contributed by atoms with Gasteiger partial charge < -0.3 is 19.3 Å². The number of halogens is 2. The molecule has 0 radical (unpaired) electrons. The first-order chi connectivity index (χ1) is 19.3. The summed E-state index contributed by atoms with van der Waals surface area (Å²) in [4.78, 5) is 30.8. The number of hydrogen-bond donors (Lipinski definition) is 1. The Morgan fingerprint density at radius 3 is 2.52 bits per heavy atom. The Morgan fingerprint density at radius 1 is 1.02 bits per heavy atom. The van der Waals surface area contributed by atoms with Gasteiger partial charge in [0.1, 0.15) is 29.5 Å². The molecule has 1 aliphatic heterocycles. The molecule has 0 bridgehead atoms. The molecular formula is C29H26F2N6O3. The summed E-state index contributed by atoms with van der Waals surface area (Å²) in [6.07, 6.45) is 6.16. The van der Waals surface area contributed by atoms with Crippen LogP contribution in [0.2, 0.25) is 0 Å². The molecule has 0 aliphatic carbocycles. The summed E-state index contributed by atoms with van der Waals surface area (Å²) in [5.74, 6) is -1.38. The van der Waals surface area contributed by atoms with Gasteiger partial charge in [-0.15, -0.1) is 0 Å². The van der Waals surface area contributed by atoms with Gasteiger partial charge in [-0.05, 0) is 51.0 Å². The number of piperidine rings is 1. The highest BCUT2D eigenvalue weighted by Crippen LogP contribution is 2.38. The lowest BCUT2D eigenvalue weighted by atomic mass is 9.88. The summed E-state index contributed by atoms with van der Waals surface area (Å²) in [5, 5.41) is 9.86. The Labute approximate surface area is 228 Å². The van der Waals surface area contributed by atoms with Crippen LogP contribution in [0.4, 0.5) is 8.78 Å². The SMILES string of the molecule is Cc1ccnc(Oc2ccc(-c3cc4c(cc3F)ncc3ncn(C5(C)CCN(C(=O)CO)CC5)c34)c(F)c2)n1. The first kappa shape index (κ1) is 25.8. The van der Waals surface area contributed by atoms with Gasteiger partial charge in [0, 0.05) is 59.2 Å². The number of ether oxygens (including phenoxy) is 1. The molecule has 0 unspecified atom stereocenters. The van der Waals surface area contributed by atoms with E-state index < -0.39 is 18.2 Å². The second kappa shape index (κ2) is 9.91. The molecule has 1 fully saturated rings. The van der Waals surface area contributed by atoms with Crippen LogP contribution in [0.5, 0.6) is 11.8 Å². The minimum atomic E-state index is -0.662. The summed E-state index contributed by atoms with van der Waals surface area (Å²) in [7, 11) is 0. The molecule has 204 valence electrons. The number of imidazole rings is 1. The molecule has 9 nitrogen and oxygen atoms in total. The van der Waals surface area contributed by atoms with Gasteiger partial charge >= 0.3 is 6.01 Å². The third-order valence-corrected chi connectivity index (χ3v) is 7.58. The Balaban J connectivity index is 1.40. The zero-order chi connectivity index (χ0) is 28.0. The molecule has 11 heteroatoms. The molecule has 6 rings (SSSR count). The fourth-order valence-corrected chi connectivity index (χ4v) is 5.27. The van der Waals surface area contributed by atoms with Crippen LogP contribution in [-0.2, 0) is 10.3 Å². The Morgan fingerprint density at radius 2 is 1.80 bits per heavy atom. The standard InChI is InChI=1S/C29H26F2N6O3/c1-17-5-8-32-28(35-17)40-18-3-4-19(22(30)11-18)20-12-21-24(13-23(20)31)33-14-25-27(21)37(16-34-25)29(2)6-9-36(10-7-29)26(39)15-38/h3-5,8,11-14,16,38H,6-7,9-10,15H2,1-2H3. The van der Waals surface area contributed by atoms with Crippen molar-refractivity contribution in [2.75, 3.05) is 19.7 Å². The monoisotopic (exact) mass is 544 g/mol. The van der Waals surface area contributed by atoms with Crippen LogP contribution in [-0.4, -0.2) is 60.1 Å². The number of benzene rings is 2. The highest BCUT2D eigenvalue weighted by Gasteiger charge is 2.34. The molecule has 1 saturated heterocycles. The summed E-state index contributed by atoms with van der Waals surface area (Å²) in [5.41, 5.74) is 2.28. The lowest BCUT2D eigenvalue weighted by molar-refractivity contribution is -0.136. The Kier molecular flexibility index (Phi) is 6.38. The maximum absolute atomic E-state index is 15.3. The number of aryl methyl sites for hydroxylation is 1. The molecule has 1 amide bonds. The number of carbonyl (C=O) groups excluding carboxylic acids is 1. The predicted molar refractivity (Wildman–Crippen MR) is 144 cm³/mol. The van der Waals surface area contributed by atoms with Crippen LogP contribution in [0.1, 0.15) is 25.5 Å². The van der Waals surface area contributed by atoms with Gasteiger partial charge in [-0.25, -0.2) is 23.7 Å². The second-order valence-electron chi connectivity index (χ2n) is 10.2. The largest absolute Gasteiger partial charge is 0.424 e. The van der Waals surface area contributed by atoms with E-state index >= 15 is 8.78 Å². The van der Waals surface area contributed by atoms with Crippen molar-refractivity contribution < 1.29 is 23.4 Å². The number of likely N-dealkylation sites (tertiary alicyclic amines) is 1. The summed E-state index contributed by atoms with van der Waals surface area (Å²) in [6, 6.07) is 8.90. The van der Waals surface area contributed by atoms with E-state index in [9.17, 15) is 9.90 Å². The van der Waals surface area contributed by atoms with Crippen molar-refractivity contribution in [1.82, 2.24) is 29.4 Å². The number of fused-ring (bicyclic) bond motifs is 3. The number of aliphatic hydroxyl groups is 1. The van der Waals surface area contributed by atoms with Gasteiger partial charge in [-0.1, -0.05) is 0 Å². The highest BCUT2D eigenvalue weighted by molar-refractivity contribution is 6.04. The average Bonchev–Trinajstić information content (AvgIpc) is 3.39. The Bertz CT molecular complexity index is 1760. The molecule has 0 spiro atoms. The van der Waals surface area contributed by atoms with Gasteiger partial charge in [0.2, 0.25) is 5.91 Å². The lowest BCUT2D eigenvalue weighted by Crippen LogP contribution is -2.47. The molecule has 40 heavy (non-hydrogen) atoms. The molecule has 0 saturated carbocycles. The van der Waals surface area contributed by atoms with E-state index in [0.29, 0.717) is 48.0 Å². The smallest absolute Gasteiger partial charge is 0.322 e. The van der Waals surface area contributed by atoms with Crippen molar-refractivity contribution in [1.29, 1.82) is 0 Å². The van der Waals surface area contributed by atoms with E-state index in [1.165, 1.54) is 18.2 Å². The fourth-order valence-electron chi connectivity index (χ4n) is 5.27. The van der Waals surface area contributed by atoms with Crippen molar-refractivity contribution in [3.63, 3.8) is 0 Å².